The van der Waals surface area contributed by atoms with E-state index in [9.17, 15) is 4.79 Å². The summed E-state index contributed by atoms with van der Waals surface area (Å²) < 4.78 is 10.9. The summed E-state index contributed by atoms with van der Waals surface area (Å²) in [5.41, 5.74) is 5.87. The average Bonchev–Trinajstić information content (AvgIpc) is 2.93. The second kappa shape index (κ2) is 6.80. The summed E-state index contributed by atoms with van der Waals surface area (Å²) in [7, 11) is 0. The van der Waals surface area contributed by atoms with Crippen LogP contribution in [-0.4, -0.2) is 23.6 Å². The Balaban J connectivity index is 1.94. The molecule has 1 aromatic carbocycles. The average molecular weight is 354 g/mol. The molecule has 110 valence electrons. The first-order valence-electron chi connectivity index (χ1n) is 5.84. The molecule has 8 heteroatoms. The lowest BCUT2D eigenvalue weighted by Crippen LogP contribution is -2.20. The Hall–Kier alpha value is -2.48. The number of halogens is 1. The van der Waals surface area contributed by atoms with Crippen molar-refractivity contribution in [2.24, 2.45) is 10.9 Å². The van der Waals surface area contributed by atoms with Gasteiger partial charge in [0.05, 0.1) is 0 Å². The standard InChI is InChI=1S/C13H12BrN3O4/c14-11-6-5-10(21-11)13(18)16-8-1-3-9(4-2-8)20-7-12(15)17-19/h1-6,19H,7H2,(H2,15,17)(H,16,18). The maximum atomic E-state index is 11.8. The lowest BCUT2D eigenvalue weighted by atomic mass is 10.3. The number of rotatable bonds is 5. The summed E-state index contributed by atoms with van der Waals surface area (Å²) in [4.78, 5) is 11.8. The van der Waals surface area contributed by atoms with E-state index in [1.807, 2.05) is 0 Å². The number of oxime groups is 1. The van der Waals surface area contributed by atoms with Crippen LogP contribution in [0.1, 0.15) is 10.6 Å². The van der Waals surface area contributed by atoms with Gasteiger partial charge in [-0.05, 0) is 52.3 Å². The van der Waals surface area contributed by atoms with Crippen molar-refractivity contribution in [1.82, 2.24) is 0 Å². The van der Waals surface area contributed by atoms with Crippen molar-refractivity contribution < 1.29 is 19.2 Å². The van der Waals surface area contributed by atoms with Gasteiger partial charge in [-0.25, -0.2) is 0 Å². The molecule has 7 nitrogen and oxygen atoms in total. The first-order chi connectivity index (χ1) is 10.1. The fourth-order valence-electron chi connectivity index (χ4n) is 1.45. The predicted molar refractivity (Wildman–Crippen MR) is 79.7 cm³/mol. The van der Waals surface area contributed by atoms with Crippen LogP contribution >= 0.6 is 15.9 Å². The molecular formula is C13H12BrN3O4. The Kier molecular flexibility index (Phi) is 4.83. The Morgan fingerprint density at radius 1 is 1.33 bits per heavy atom. The van der Waals surface area contributed by atoms with Crippen molar-refractivity contribution in [3.8, 4) is 5.75 Å². The van der Waals surface area contributed by atoms with E-state index < -0.39 is 0 Å². The monoisotopic (exact) mass is 353 g/mol. The topological polar surface area (TPSA) is 110 Å². The van der Waals surface area contributed by atoms with Crippen molar-refractivity contribution in [2.75, 3.05) is 11.9 Å². The molecule has 2 rings (SSSR count). The maximum absolute atomic E-state index is 11.8. The highest BCUT2D eigenvalue weighted by Crippen LogP contribution is 2.18. The number of hydrogen-bond donors (Lipinski definition) is 3. The molecule has 0 radical (unpaired) electrons. The highest BCUT2D eigenvalue weighted by Gasteiger charge is 2.10. The second-order valence-electron chi connectivity index (χ2n) is 3.96. The van der Waals surface area contributed by atoms with E-state index in [1.54, 1.807) is 36.4 Å². The normalized spacial score (nSPS) is 11.2. The minimum Gasteiger partial charge on any atom is -0.486 e. The van der Waals surface area contributed by atoms with E-state index in [1.165, 1.54) is 0 Å². The number of carbonyl (C=O) groups is 1. The van der Waals surface area contributed by atoms with E-state index in [0.29, 0.717) is 16.1 Å². The van der Waals surface area contributed by atoms with Crippen molar-refractivity contribution >= 4 is 33.4 Å². The number of anilines is 1. The van der Waals surface area contributed by atoms with Gasteiger partial charge in [0, 0.05) is 5.69 Å². The highest BCUT2D eigenvalue weighted by atomic mass is 79.9. The number of amidine groups is 1. The second-order valence-corrected chi connectivity index (χ2v) is 4.74. The molecule has 1 heterocycles. The van der Waals surface area contributed by atoms with Crippen LogP contribution < -0.4 is 15.8 Å². The van der Waals surface area contributed by atoms with Gasteiger partial charge in [0.2, 0.25) is 0 Å². The number of nitrogens with zero attached hydrogens (tertiary/aromatic N) is 1. The van der Waals surface area contributed by atoms with E-state index >= 15 is 0 Å². The first kappa shape index (κ1) is 14.9. The van der Waals surface area contributed by atoms with E-state index in [0.717, 1.165) is 0 Å². The van der Waals surface area contributed by atoms with Crippen molar-refractivity contribution in [3.63, 3.8) is 0 Å². The summed E-state index contributed by atoms with van der Waals surface area (Å²) in [6.45, 7) is -0.0252. The first-order valence-corrected chi connectivity index (χ1v) is 6.64. The fourth-order valence-corrected chi connectivity index (χ4v) is 1.76. The molecule has 0 saturated heterocycles. The molecule has 0 spiro atoms. The van der Waals surface area contributed by atoms with Crippen molar-refractivity contribution in [1.29, 1.82) is 0 Å². The van der Waals surface area contributed by atoms with Crippen LogP contribution in [0.15, 0.2) is 50.6 Å². The molecular weight excluding hydrogens is 342 g/mol. The van der Waals surface area contributed by atoms with E-state index in [4.69, 9.17) is 20.1 Å². The molecule has 0 bridgehead atoms. The van der Waals surface area contributed by atoms with Gasteiger partial charge in [-0.1, -0.05) is 5.16 Å². The number of nitrogens with two attached hydrogens (primary N) is 1. The van der Waals surface area contributed by atoms with Crippen LogP contribution in [0.25, 0.3) is 0 Å². The fraction of sp³-hybridized carbons (Fsp3) is 0.0769. The maximum Gasteiger partial charge on any atom is 0.291 e. The number of furan rings is 1. The molecule has 0 aliphatic heterocycles. The lowest BCUT2D eigenvalue weighted by Gasteiger charge is -2.07. The van der Waals surface area contributed by atoms with Gasteiger partial charge < -0.3 is 25.4 Å². The zero-order valence-electron chi connectivity index (χ0n) is 10.7. The van der Waals surface area contributed by atoms with Gasteiger partial charge in [0.1, 0.15) is 12.4 Å². The smallest absolute Gasteiger partial charge is 0.291 e. The van der Waals surface area contributed by atoms with Crippen LogP contribution in [0.5, 0.6) is 5.75 Å². The largest absolute Gasteiger partial charge is 0.486 e. The Bertz CT molecular complexity index is 652. The van der Waals surface area contributed by atoms with E-state index in [-0.39, 0.29) is 24.1 Å². The third kappa shape index (κ3) is 4.25. The third-order valence-electron chi connectivity index (χ3n) is 2.42. The van der Waals surface area contributed by atoms with Gasteiger partial charge >= 0.3 is 0 Å². The molecule has 0 atom stereocenters. The van der Waals surface area contributed by atoms with Crippen molar-refractivity contribution in [3.05, 3.63) is 46.8 Å². The number of ether oxygens (including phenoxy) is 1. The van der Waals surface area contributed by atoms with Crippen LogP contribution in [0.4, 0.5) is 5.69 Å². The Morgan fingerprint density at radius 2 is 2.05 bits per heavy atom. The van der Waals surface area contributed by atoms with Crippen LogP contribution in [0.2, 0.25) is 0 Å². The lowest BCUT2D eigenvalue weighted by molar-refractivity contribution is 0.0995. The zero-order chi connectivity index (χ0) is 15.2. The Labute approximate surface area is 128 Å². The quantitative estimate of drug-likeness (QED) is 0.331. The van der Waals surface area contributed by atoms with Crippen LogP contribution in [0, 0.1) is 0 Å². The van der Waals surface area contributed by atoms with Crippen LogP contribution in [-0.2, 0) is 0 Å². The van der Waals surface area contributed by atoms with Gasteiger partial charge in [-0.15, -0.1) is 0 Å². The molecule has 2 aromatic rings. The summed E-state index contributed by atoms with van der Waals surface area (Å²) >= 11 is 3.13. The van der Waals surface area contributed by atoms with Crippen LogP contribution in [0.3, 0.4) is 0 Å². The minimum absolute atomic E-state index is 0.0252. The van der Waals surface area contributed by atoms with Gasteiger partial charge in [-0.2, -0.15) is 0 Å². The molecule has 1 aromatic heterocycles. The number of benzene rings is 1. The molecule has 0 unspecified atom stereocenters. The Morgan fingerprint density at radius 3 is 2.62 bits per heavy atom. The summed E-state index contributed by atoms with van der Waals surface area (Å²) in [6, 6.07) is 9.83. The SMILES string of the molecule is N/C(COc1ccc(NC(=O)c2ccc(Br)o2)cc1)=N\O. The molecule has 0 aliphatic rings. The summed E-state index contributed by atoms with van der Waals surface area (Å²) in [5, 5.41) is 13.9. The number of hydrogen-bond acceptors (Lipinski definition) is 5. The molecule has 21 heavy (non-hydrogen) atoms. The highest BCUT2D eigenvalue weighted by molar-refractivity contribution is 9.10. The van der Waals surface area contributed by atoms with E-state index in [2.05, 4.69) is 26.4 Å². The number of carbonyl (C=O) groups excluding carboxylic acids is 1. The molecule has 4 N–H and O–H groups in total. The number of amides is 1. The van der Waals surface area contributed by atoms with Gasteiger partial charge in [0.15, 0.2) is 16.3 Å². The predicted octanol–water partition coefficient (Wildman–Crippen LogP) is 2.42. The zero-order valence-corrected chi connectivity index (χ0v) is 12.3. The third-order valence-corrected chi connectivity index (χ3v) is 2.85. The van der Waals surface area contributed by atoms with Gasteiger partial charge in [0.25, 0.3) is 5.91 Å². The molecule has 0 saturated carbocycles. The van der Waals surface area contributed by atoms with Crippen molar-refractivity contribution in [2.45, 2.75) is 0 Å². The minimum atomic E-state index is -0.356. The number of nitrogens with one attached hydrogen (secondary N) is 1. The molecule has 1 amide bonds. The van der Waals surface area contributed by atoms with Gasteiger partial charge in [-0.3, -0.25) is 4.79 Å². The summed E-state index contributed by atoms with van der Waals surface area (Å²) in [6.07, 6.45) is 0. The molecule has 0 aliphatic carbocycles. The molecule has 0 fully saturated rings. The summed E-state index contributed by atoms with van der Waals surface area (Å²) in [5.74, 6) is 0.344.